The molecule has 1 amide bonds. The number of β-amino-alcohol motifs (C(OH)–C–C–N with tert-alkyl or cyclic N) is 1. The smallest absolute Gasteiger partial charge is 0.233 e. The second-order valence-corrected chi connectivity index (χ2v) is 10.3. The Morgan fingerprint density at radius 3 is 2.63 bits per heavy atom. The molecule has 0 aliphatic carbocycles. The summed E-state index contributed by atoms with van der Waals surface area (Å²) in [6, 6.07) is 3.94. The molecule has 0 radical (unpaired) electrons. The highest BCUT2D eigenvalue weighted by Crippen LogP contribution is 2.33. The molecular formula is C21H32ClN5O2S. The van der Waals surface area contributed by atoms with Gasteiger partial charge in [-0.05, 0) is 39.3 Å². The number of aromatic nitrogens is 2. The summed E-state index contributed by atoms with van der Waals surface area (Å²) in [5.41, 5.74) is 2.44. The summed E-state index contributed by atoms with van der Waals surface area (Å²) in [5, 5.41) is 13.4. The van der Waals surface area contributed by atoms with E-state index in [0.717, 1.165) is 48.1 Å². The van der Waals surface area contributed by atoms with Gasteiger partial charge in [-0.3, -0.25) is 9.69 Å². The molecular weight excluding hydrogens is 422 g/mol. The van der Waals surface area contributed by atoms with Crippen molar-refractivity contribution in [2.75, 3.05) is 44.2 Å². The Bertz CT molecular complexity index is 874. The van der Waals surface area contributed by atoms with Gasteiger partial charge in [0.15, 0.2) is 5.16 Å². The quantitative estimate of drug-likeness (QED) is 0.558. The van der Waals surface area contributed by atoms with E-state index in [2.05, 4.69) is 20.1 Å². The van der Waals surface area contributed by atoms with E-state index in [1.54, 1.807) is 0 Å². The van der Waals surface area contributed by atoms with Crippen molar-refractivity contribution in [3.63, 3.8) is 0 Å². The molecule has 1 unspecified atom stereocenters. The number of fused-ring (bicyclic) bond motifs is 1. The number of rotatable bonds is 7. The average molecular weight is 454 g/mol. The summed E-state index contributed by atoms with van der Waals surface area (Å²) < 4.78 is 0. The highest BCUT2D eigenvalue weighted by molar-refractivity contribution is 8.00. The minimum absolute atomic E-state index is 0.0231. The summed E-state index contributed by atoms with van der Waals surface area (Å²) in [6.07, 6.45) is 0.716. The molecule has 1 saturated heterocycles. The van der Waals surface area contributed by atoms with Gasteiger partial charge in [0.2, 0.25) is 5.91 Å². The van der Waals surface area contributed by atoms with Crippen molar-refractivity contribution in [1.82, 2.24) is 20.2 Å². The van der Waals surface area contributed by atoms with Gasteiger partial charge in [0.1, 0.15) is 0 Å². The van der Waals surface area contributed by atoms with E-state index in [-0.39, 0.29) is 23.3 Å². The molecule has 9 heteroatoms. The summed E-state index contributed by atoms with van der Waals surface area (Å²) in [7, 11) is 0. The van der Waals surface area contributed by atoms with Crippen molar-refractivity contribution in [2.24, 2.45) is 0 Å². The van der Waals surface area contributed by atoms with Crippen molar-refractivity contribution < 1.29 is 9.90 Å². The molecule has 0 saturated carbocycles. The molecule has 0 spiro atoms. The predicted molar refractivity (Wildman–Crippen MR) is 125 cm³/mol. The van der Waals surface area contributed by atoms with Gasteiger partial charge in [0, 0.05) is 38.3 Å². The van der Waals surface area contributed by atoms with Crippen LogP contribution in [-0.4, -0.2) is 76.0 Å². The zero-order valence-electron chi connectivity index (χ0n) is 18.2. The van der Waals surface area contributed by atoms with Crippen LogP contribution < -0.4 is 10.2 Å². The number of piperazine rings is 1. The van der Waals surface area contributed by atoms with E-state index in [9.17, 15) is 4.79 Å². The molecule has 1 fully saturated rings. The van der Waals surface area contributed by atoms with Crippen LogP contribution in [0.5, 0.6) is 0 Å². The minimum atomic E-state index is -0.261. The highest BCUT2D eigenvalue weighted by atomic mass is 35.5. The molecule has 1 aliphatic rings. The number of imidazole rings is 1. The molecule has 3 N–H and O–H groups in total. The van der Waals surface area contributed by atoms with Crippen LogP contribution in [0.4, 0.5) is 5.69 Å². The van der Waals surface area contributed by atoms with Gasteiger partial charge in [-0.15, -0.1) is 0 Å². The van der Waals surface area contributed by atoms with Crippen molar-refractivity contribution in [1.29, 1.82) is 0 Å². The molecule has 2 heterocycles. The maximum atomic E-state index is 12.6. The lowest BCUT2D eigenvalue weighted by Crippen LogP contribution is -2.47. The zero-order valence-corrected chi connectivity index (χ0v) is 19.7. The van der Waals surface area contributed by atoms with Gasteiger partial charge < -0.3 is 20.3 Å². The lowest BCUT2D eigenvalue weighted by atomic mass is 10.1. The van der Waals surface area contributed by atoms with E-state index in [1.807, 2.05) is 39.8 Å². The number of aromatic amines is 1. The topological polar surface area (TPSA) is 84.5 Å². The third kappa shape index (κ3) is 5.81. The zero-order chi connectivity index (χ0) is 21.9. The van der Waals surface area contributed by atoms with Crippen molar-refractivity contribution in [3.05, 3.63) is 17.2 Å². The van der Waals surface area contributed by atoms with E-state index in [1.165, 1.54) is 11.8 Å². The Morgan fingerprint density at radius 2 is 2.03 bits per heavy atom. The fraction of sp³-hybridized carbons (Fsp3) is 0.619. The lowest BCUT2D eigenvalue weighted by Gasteiger charge is -2.36. The first kappa shape index (κ1) is 23.2. The van der Waals surface area contributed by atoms with Crippen LogP contribution >= 0.6 is 23.4 Å². The fourth-order valence-electron chi connectivity index (χ4n) is 3.56. The second kappa shape index (κ2) is 9.77. The maximum Gasteiger partial charge on any atom is 0.233 e. The molecule has 1 aliphatic heterocycles. The van der Waals surface area contributed by atoms with Crippen LogP contribution in [0.3, 0.4) is 0 Å². The number of thioether (sulfide) groups is 1. The monoisotopic (exact) mass is 453 g/mol. The van der Waals surface area contributed by atoms with Gasteiger partial charge in [-0.2, -0.15) is 0 Å². The van der Waals surface area contributed by atoms with E-state index < -0.39 is 0 Å². The molecule has 1 atom stereocenters. The molecule has 7 nitrogen and oxygen atoms in total. The van der Waals surface area contributed by atoms with Gasteiger partial charge in [-0.1, -0.05) is 30.3 Å². The second-order valence-electron chi connectivity index (χ2n) is 8.67. The molecule has 1 aromatic heterocycles. The number of benzene rings is 1. The Balaban J connectivity index is 1.74. The molecule has 0 bridgehead atoms. The summed E-state index contributed by atoms with van der Waals surface area (Å²) in [6.45, 7) is 12.4. The number of aliphatic hydroxyl groups excluding tert-OH is 1. The van der Waals surface area contributed by atoms with Crippen molar-refractivity contribution in [2.45, 2.75) is 50.1 Å². The van der Waals surface area contributed by atoms with Crippen LogP contribution in [0.2, 0.25) is 5.02 Å². The van der Waals surface area contributed by atoms with Crippen LogP contribution in [-0.2, 0) is 4.79 Å². The lowest BCUT2D eigenvalue weighted by molar-refractivity contribution is -0.122. The first-order valence-electron chi connectivity index (χ1n) is 10.5. The molecule has 2 aromatic rings. The number of carbonyl (C=O) groups excluding carboxylic acids is 1. The number of anilines is 1. The van der Waals surface area contributed by atoms with Crippen LogP contribution in [0.15, 0.2) is 17.3 Å². The maximum absolute atomic E-state index is 12.6. The molecule has 30 heavy (non-hydrogen) atoms. The number of aliphatic hydroxyl groups is 1. The third-order valence-electron chi connectivity index (χ3n) is 5.07. The molecule has 3 rings (SSSR count). The van der Waals surface area contributed by atoms with Crippen LogP contribution in [0.1, 0.15) is 34.1 Å². The SMILES string of the molecule is CCC(Sc1nc2cc(N3CCN(CCO)CC3)c(Cl)cc2[nH]1)C(=O)NC(C)(C)C. The van der Waals surface area contributed by atoms with Gasteiger partial charge >= 0.3 is 0 Å². The van der Waals surface area contributed by atoms with Crippen LogP contribution in [0.25, 0.3) is 11.0 Å². The summed E-state index contributed by atoms with van der Waals surface area (Å²) in [5.74, 6) is 0.0231. The van der Waals surface area contributed by atoms with Crippen molar-refractivity contribution >= 4 is 46.0 Å². The normalized spacial score (nSPS) is 16.8. The molecule has 1 aromatic carbocycles. The van der Waals surface area contributed by atoms with Gasteiger partial charge in [0.25, 0.3) is 0 Å². The Morgan fingerprint density at radius 1 is 1.33 bits per heavy atom. The predicted octanol–water partition coefficient (Wildman–Crippen LogP) is 3.12. The number of amides is 1. The fourth-order valence-corrected chi connectivity index (χ4v) is 4.76. The molecule has 166 valence electrons. The van der Waals surface area contributed by atoms with Crippen LogP contribution in [0, 0.1) is 0 Å². The summed E-state index contributed by atoms with van der Waals surface area (Å²) in [4.78, 5) is 25.1. The standard InChI is InChI=1S/C21H32ClN5O2S/c1-5-18(19(29)25-21(2,3)4)30-20-23-15-12-14(22)17(13-16(15)24-20)27-8-6-26(7-9-27)10-11-28/h12-13,18,28H,5-11H2,1-4H3,(H,23,24)(H,25,29). The Hall–Kier alpha value is -1.48. The Labute approximate surface area is 187 Å². The number of carbonyl (C=O) groups is 1. The number of hydrogen-bond acceptors (Lipinski definition) is 6. The number of hydrogen-bond donors (Lipinski definition) is 3. The Kier molecular flexibility index (Phi) is 7.55. The first-order valence-corrected chi connectivity index (χ1v) is 11.7. The van der Waals surface area contributed by atoms with Gasteiger partial charge in [-0.25, -0.2) is 4.98 Å². The van der Waals surface area contributed by atoms with E-state index in [0.29, 0.717) is 18.0 Å². The van der Waals surface area contributed by atoms with E-state index in [4.69, 9.17) is 21.7 Å². The van der Waals surface area contributed by atoms with E-state index >= 15 is 0 Å². The third-order valence-corrected chi connectivity index (χ3v) is 6.62. The summed E-state index contributed by atoms with van der Waals surface area (Å²) >= 11 is 8.04. The minimum Gasteiger partial charge on any atom is -0.395 e. The largest absolute Gasteiger partial charge is 0.395 e. The number of H-pyrrole nitrogens is 1. The average Bonchev–Trinajstić information content (AvgIpc) is 3.06. The first-order chi connectivity index (χ1) is 14.2. The van der Waals surface area contributed by atoms with Crippen molar-refractivity contribution in [3.8, 4) is 0 Å². The number of nitrogens with zero attached hydrogens (tertiary/aromatic N) is 3. The number of nitrogens with one attached hydrogen (secondary N) is 2. The number of halogens is 1. The van der Waals surface area contributed by atoms with Gasteiger partial charge in [0.05, 0.1) is 33.6 Å². The highest BCUT2D eigenvalue weighted by Gasteiger charge is 2.24.